The van der Waals surface area contributed by atoms with E-state index in [0.29, 0.717) is 0 Å². The Labute approximate surface area is 121 Å². The minimum Gasteiger partial charge on any atom is -0.324 e. The van der Waals surface area contributed by atoms with Gasteiger partial charge in [0.25, 0.3) is 0 Å². The van der Waals surface area contributed by atoms with Crippen molar-refractivity contribution < 1.29 is 0 Å². The standard InChI is InChI=1S/C15H26ClN3/c1-5-19-12(13(16)11(2)18-19)10-15(17)9-7-6-8-14(15,3)4/h5-10,17H2,1-4H3. The SMILES string of the molecule is CCn1nc(C)c(Cl)c1CC1(N)CCCCC1(C)C. The number of nitrogens with two attached hydrogens (primary N) is 1. The van der Waals surface area contributed by atoms with Crippen molar-refractivity contribution in [2.45, 2.75) is 71.9 Å². The molecular weight excluding hydrogens is 258 g/mol. The molecule has 3 nitrogen and oxygen atoms in total. The fourth-order valence-corrected chi connectivity index (χ4v) is 3.46. The van der Waals surface area contributed by atoms with E-state index in [1.807, 2.05) is 11.6 Å². The normalized spacial score (nSPS) is 26.6. The van der Waals surface area contributed by atoms with Crippen LogP contribution in [0, 0.1) is 12.3 Å². The summed E-state index contributed by atoms with van der Waals surface area (Å²) < 4.78 is 2.01. The minimum atomic E-state index is -0.172. The second-order valence-corrected chi connectivity index (χ2v) is 6.96. The molecule has 0 spiro atoms. The summed E-state index contributed by atoms with van der Waals surface area (Å²) in [6.45, 7) is 9.49. The molecule has 19 heavy (non-hydrogen) atoms. The molecule has 0 bridgehead atoms. The van der Waals surface area contributed by atoms with Crippen molar-refractivity contribution in [3.05, 3.63) is 16.4 Å². The second kappa shape index (κ2) is 5.10. The zero-order valence-electron chi connectivity index (χ0n) is 12.6. The van der Waals surface area contributed by atoms with Gasteiger partial charge in [0.1, 0.15) is 0 Å². The van der Waals surface area contributed by atoms with Gasteiger partial charge in [-0.05, 0) is 32.1 Å². The number of aromatic nitrogens is 2. The fourth-order valence-electron chi connectivity index (χ4n) is 3.26. The molecule has 0 aromatic carbocycles. The molecule has 0 radical (unpaired) electrons. The summed E-state index contributed by atoms with van der Waals surface area (Å²) in [5, 5.41) is 5.30. The summed E-state index contributed by atoms with van der Waals surface area (Å²) >= 11 is 6.43. The van der Waals surface area contributed by atoms with Crippen LogP contribution in [0.3, 0.4) is 0 Å². The maximum absolute atomic E-state index is 6.77. The Morgan fingerprint density at radius 2 is 1.95 bits per heavy atom. The molecule has 1 aliphatic carbocycles. The Balaban J connectivity index is 2.34. The van der Waals surface area contributed by atoms with Crippen LogP contribution >= 0.6 is 11.6 Å². The Hall–Kier alpha value is -0.540. The van der Waals surface area contributed by atoms with Gasteiger partial charge in [-0.25, -0.2) is 0 Å². The van der Waals surface area contributed by atoms with Gasteiger partial charge in [0, 0.05) is 18.5 Å². The molecule has 0 saturated heterocycles. The summed E-state index contributed by atoms with van der Waals surface area (Å²) in [7, 11) is 0. The zero-order valence-corrected chi connectivity index (χ0v) is 13.3. The largest absolute Gasteiger partial charge is 0.324 e. The van der Waals surface area contributed by atoms with Crippen molar-refractivity contribution in [1.29, 1.82) is 0 Å². The molecule has 0 amide bonds. The monoisotopic (exact) mass is 283 g/mol. The predicted molar refractivity (Wildman–Crippen MR) is 80.5 cm³/mol. The van der Waals surface area contributed by atoms with E-state index < -0.39 is 0 Å². The molecule has 108 valence electrons. The first-order valence-corrected chi connectivity index (χ1v) is 7.69. The van der Waals surface area contributed by atoms with Crippen LogP contribution < -0.4 is 5.73 Å². The van der Waals surface area contributed by atoms with Crippen molar-refractivity contribution >= 4 is 11.6 Å². The van der Waals surface area contributed by atoms with E-state index >= 15 is 0 Å². The van der Waals surface area contributed by atoms with Gasteiger partial charge in [-0.2, -0.15) is 5.10 Å². The number of rotatable bonds is 3. The summed E-state index contributed by atoms with van der Waals surface area (Å²) in [4.78, 5) is 0. The zero-order chi connectivity index (χ0) is 14.3. The van der Waals surface area contributed by atoms with Crippen LogP contribution in [0.2, 0.25) is 5.02 Å². The molecule has 1 aromatic rings. The highest BCUT2D eigenvalue weighted by Crippen LogP contribution is 2.44. The molecule has 1 fully saturated rings. The van der Waals surface area contributed by atoms with Crippen LogP contribution in [0.15, 0.2) is 0 Å². The van der Waals surface area contributed by atoms with Gasteiger partial charge in [-0.3, -0.25) is 4.68 Å². The number of hydrogen-bond donors (Lipinski definition) is 1. The van der Waals surface area contributed by atoms with Gasteiger partial charge < -0.3 is 5.73 Å². The van der Waals surface area contributed by atoms with Crippen LogP contribution in [0.25, 0.3) is 0 Å². The van der Waals surface area contributed by atoms with E-state index in [-0.39, 0.29) is 11.0 Å². The molecule has 2 N–H and O–H groups in total. The summed E-state index contributed by atoms with van der Waals surface area (Å²) in [5.74, 6) is 0. The molecule has 4 heteroatoms. The lowest BCUT2D eigenvalue weighted by Crippen LogP contribution is -2.56. The molecule has 1 aliphatic rings. The first kappa shape index (κ1) is 14.9. The third-order valence-electron chi connectivity index (χ3n) is 4.96. The third kappa shape index (κ3) is 2.55. The Kier molecular flexibility index (Phi) is 3.99. The predicted octanol–water partition coefficient (Wildman–Crippen LogP) is 3.71. The van der Waals surface area contributed by atoms with E-state index in [9.17, 15) is 0 Å². The molecule has 1 unspecified atom stereocenters. The van der Waals surface area contributed by atoms with Crippen molar-refractivity contribution in [3.63, 3.8) is 0 Å². The molecule has 1 atom stereocenters. The lowest BCUT2D eigenvalue weighted by Gasteiger charge is -2.48. The number of halogens is 1. The van der Waals surface area contributed by atoms with Crippen molar-refractivity contribution in [1.82, 2.24) is 9.78 Å². The fraction of sp³-hybridized carbons (Fsp3) is 0.800. The van der Waals surface area contributed by atoms with Crippen LogP contribution in [-0.4, -0.2) is 15.3 Å². The lowest BCUT2D eigenvalue weighted by molar-refractivity contribution is 0.0970. The Morgan fingerprint density at radius 1 is 1.32 bits per heavy atom. The topological polar surface area (TPSA) is 43.8 Å². The number of aryl methyl sites for hydroxylation is 2. The van der Waals surface area contributed by atoms with E-state index in [4.69, 9.17) is 17.3 Å². The molecular formula is C15H26ClN3. The van der Waals surface area contributed by atoms with E-state index in [0.717, 1.165) is 35.8 Å². The first-order chi connectivity index (χ1) is 8.81. The van der Waals surface area contributed by atoms with Crippen molar-refractivity contribution in [3.8, 4) is 0 Å². The highest BCUT2D eigenvalue weighted by molar-refractivity contribution is 6.31. The van der Waals surface area contributed by atoms with Gasteiger partial charge >= 0.3 is 0 Å². The van der Waals surface area contributed by atoms with Crippen LogP contribution in [0.1, 0.15) is 57.8 Å². The minimum absolute atomic E-state index is 0.158. The van der Waals surface area contributed by atoms with Gasteiger partial charge in [0.05, 0.1) is 16.4 Å². The van der Waals surface area contributed by atoms with E-state index in [2.05, 4.69) is 25.9 Å². The van der Waals surface area contributed by atoms with Gasteiger partial charge in [0.2, 0.25) is 0 Å². The first-order valence-electron chi connectivity index (χ1n) is 7.31. The van der Waals surface area contributed by atoms with Crippen molar-refractivity contribution in [2.24, 2.45) is 11.1 Å². The summed E-state index contributed by atoms with van der Waals surface area (Å²) in [6.07, 6.45) is 5.60. The maximum Gasteiger partial charge on any atom is 0.0847 e. The highest BCUT2D eigenvalue weighted by Gasteiger charge is 2.44. The number of hydrogen-bond acceptors (Lipinski definition) is 2. The highest BCUT2D eigenvalue weighted by atomic mass is 35.5. The lowest BCUT2D eigenvalue weighted by atomic mass is 9.62. The second-order valence-electron chi connectivity index (χ2n) is 6.59. The average molecular weight is 284 g/mol. The Bertz CT molecular complexity index is 464. The molecule has 2 rings (SSSR count). The van der Waals surface area contributed by atoms with Crippen LogP contribution in [0.4, 0.5) is 0 Å². The van der Waals surface area contributed by atoms with E-state index in [1.54, 1.807) is 0 Å². The van der Waals surface area contributed by atoms with Crippen LogP contribution in [-0.2, 0) is 13.0 Å². The molecule has 1 saturated carbocycles. The van der Waals surface area contributed by atoms with Gasteiger partial charge in [-0.15, -0.1) is 0 Å². The smallest absolute Gasteiger partial charge is 0.0847 e. The summed E-state index contributed by atoms with van der Waals surface area (Å²) in [5.41, 5.74) is 8.78. The third-order valence-corrected chi connectivity index (χ3v) is 5.45. The average Bonchev–Trinajstić information content (AvgIpc) is 2.61. The van der Waals surface area contributed by atoms with Crippen molar-refractivity contribution in [2.75, 3.05) is 0 Å². The maximum atomic E-state index is 6.77. The summed E-state index contributed by atoms with van der Waals surface area (Å²) in [6, 6.07) is 0. The van der Waals surface area contributed by atoms with Gasteiger partial charge in [0.15, 0.2) is 0 Å². The van der Waals surface area contributed by atoms with Gasteiger partial charge in [-0.1, -0.05) is 38.3 Å². The number of nitrogens with zero attached hydrogens (tertiary/aromatic N) is 2. The molecule has 1 aromatic heterocycles. The Morgan fingerprint density at radius 3 is 2.53 bits per heavy atom. The van der Waals surface area contributed by atoms with Crippen LogP contribution in [0.5, 0.6) is 0 Å². The molecule has 1 heterocycles. The quantitative estimate of drug-likeness (QED) is 0.919. The van der Waals surface area contributed by atoms with E-state index in [1.165, 1.54) is 19.3 Å². The molecule has 0 aliphatic heterocycles.